The van der Waals surface area contributed by atoms with Crippen molar-refractivity contribution in [1.82, 2.24) is 10.3 Å². The fourth-order valence-corrected chi connectivity index (χ4v) is 2.30. The summed E-state index contributed by atoms with van der Waals surface area (Å²) in [5.41, 5.74) is 0.354. The number of aromatic nitrogens is 1. The Morgan fingerprint density at radius 1 is 1.39 bits per heavy atom. The van der Waals surface area contributed by atoms with Crippen LogP contribution in [-0.4, -0.2) is 22.8 Å². The summed E-state index contributed by atoms with van der Waals surface area (Å²) in [4.78, 5) is 15.7. The minimum Gasteiger partial charge on any atom is -0.349 e. The summed E-state index contributed by atoms with van der Waals surface area (Å²) < 4.78 is 0. The topological polar surface area (TPSA) is 42.0 Å². The molecule has 1 aromatic heterocycles. The number of amides is 1. The average Bonchev–Trinajstić information content (AvgIpc) is 2.38. The van der Waals surface area contributed by atoms with E-state index in [2.05, 4.69) is 24.1 Å². The van der Waals surface area contributed by atoms with Gasteiger partial charge in [0, 0.05) is 12.7 Å². The lowest BCUT2D eigenvalue weighted by Crippen LogP contribution is -2.33. The summed E-state index contributed by atoms with van der Waals surface area (Å²) in [6, 6.07) is 3.24. The standard InChI is InChI=1S/C13H18Cl2N2O/c1-3-9(4-2)11(15)8-17-13(18)12-6-5-10(14)7-16-12/h5-7,9,11H,3-4,8H2,1-2H3,(H,17,18). The normalized spacial score (nSPS) is 12.5. The van der Waals surface area contributed by atoms with Crippen LogP contribution in [0.2, 0.25) is 5.02 Å². The third-order valence-electron chi connectivity index (χ3n) is 2.98. The molecule has 18 heavy (non-hydrogen) atoms. The molecule has 0 spiro atoms. The van der Waals surface area contributed by atoms with E-state index >= 15 is 0 Å². The first-order chi connectivity index (χ1) is 8.58. The Kier molecular flexibility index (Phi) is 6.44. The summed E-state index contributed by atoms with van der Waals surface area (Å²) >= 11 is 12.0. The molecular formula is C13H18Cl2N2O. The van der Waals surface area contributed by atoms with Crippen LogP contribution >= 0.6 is 23.2 Å². The van der Waals surface area contributed by atoms with Gasteiger partial charge in [-0.25, -0.2) is 4.98 Å². The molecule has 0 saturated heterocycles. The third-order valence-corrected chi connectivity index (χ3v) is 3.71. The van der Waals surface area contributed by atoms with E-state index < -0.39 is 0 Å². The highest BCUT2D eigenvalue weighted by atomic mass is 35.5. The van der Waals surface area contributed by atoms with E-state index in [1.54, 1.807) is 12.1 Å². The van der Waals surface area contributed by atoms with Gasteiger partial charge in [-0.3, -0.25) is 4.79 Å². The zero-order chi connectivity index (χ0) is 13.5. The maximum atomic E-state index is 11.8. The molecule has 0 aliphatic heterocycles. The van der Waals surface area contributed by atoms with Gasteiger partial charge in [0.25, 0.3) is 5.91 Å². The molecule has 1 aromatic rings. The second-order valence-corrected chi connectivity index (χ2v) is 5.16. The number of carbonyl (C=O) groups excluding carboxylic acids is 1. The number of hydrogen-bond acceptors (Lipinski definition) is 2. The molecule has 0 radical (unpaired) electrons. The molecule has 1 amide bonds. The van der Waals surface area contributed by atoms with Crippen LogP contribution < -0.4 is 5.32 Å². The first-order valence-electron chi connectivity index (χ1n) is 6.12. The summed E-state index contributed by atoms with van der Waals surface area (Å²) in [6.07, 6.45) is 3.48. The highest BCUT2D eigenvalue weighted by Crippen LogP contribution is 2.17. The molecule has 100 valence electrons. The van der Waals surface area contributed by atoms with E-state index in [-0.39, 0.29) is 11.3 Å². The maximum Gasteiger partial charge on any atom is 0.269 e. The Hall–Kier alpha value is -0.800. The van der Waals surface area contributed by atoms with E-state index in [0.29, 0.717) is 23.2 Å². The van der Waals surface area contributed by atoms with Crippen LogP contribution in [0.3, 0.4) is 0 Å². The molecular weight excluding hydrogens is 271 g/mol. The number of pyridine rings is 1. The van der Waals surface area contributed by atoms with Gasteiger partial charge in [0.15, 0.2) is 0 Å². The van der Waals surface area contributed by atoms with E-state index in [9.17, 15) is 4.79 Å². The predicted octanol–water partition coefficient (Wildman–Crippen LogP) is 3.51. The minimum absolute atomic E-state index is 0.0451. The van der Waals surface area contributed by atoms with Crippen molar-refractivity contribution in [2.24, 2.45) is 5.92 Å². The number of hydrogen-bond donors (Lipinski definition) is 1. The van der Waals surface area contributed by atoms with Crippen LogP contribution in [0.4, 0.5) is 0 Å². The van der Waals surface area contributed by atoms with Crippen molar-refractivity contribution in [1.29, 1.82) is 0 Å². The number of carbonyl (C=O) groups is 1. The Morgan fingerprint density at radius 2 is 2.06 bits per heavy atom. The highest BCUT2D eigenvalue weighted by molar-refractivity contribution is 6.30. The zero-order valence-electron chi connectivity index (χ0n) is 10.6. The number of halogens is 2. The SMILES string of the molecule is CCC(CC)C(Cl)CNC(=O)c1ccc(Cl)cn1. The molecule has 0 aromatic carbocycles. The first-order valence-corrected chi connectivity index (χ1v) is 6.93. The van der Waals surface area contributed by atoms with Gasteiger partial charge < -0.3 is 5.32 Å². The summed E-state index contributed by atoms with van der Waals surface area (Å²) in [6.45, 7) is 4.66. The average molecular weight is 289 g/mol. The Labute approximate surface area is 118 Å². The van der Waals surface area contributed by atoms with Crippen molar-refractivity contribution < 1.29 is 4.79 Å². The summed E-state index contributed by atoms with van der Waals surface area (Å²) in [7, 11) is 0. The van der Waals surface area contributed by atoms with Crippen LogP contribution in [0.25, 0.3) is 0 Å². The molecule has 1 N–H and O–H groups in total. The Balaban J connectivity index is 2.48. The second kappa shape index (κ2) is 7.59. The first kappa shape index (κ1) is 15.3. The molecule has 0 aliphatic rings. The molecule has 0 aliphatic carbocycles. The molecule has 1 atom stereocenters. The van der Waals surface area contributed by atoms with Crippen molar-refractivity contribution in [3.8, 4) is 0 Å². The lowest BCUT2D eigenvalue weighted by Gasteiger charge is -2.19. The number of alkyl halides is 1. The van der Waals surface area contributed by atoms with Crippen LogP contribution in [0.15, 0.2) is 18.3 Å². The largest absolute Gasteiger partial charge is 0.349 e. The fraction of sp³-hybridized carbons (Fsp3) is 0.538. The van der Waals surface area contributed by atoms with Gasteiger partial charge in [0.2, 0.25) is 0 Å². The summed E-state index contributed by atoms with van der Waals surface area (Å²) in [5.74, 6) is 0.202. The van der Waals surface area contributed by atoms with Gasteiger partial charge in [-0.15, -0.1) is 11.6 Å². The van der Waals surface area contributed by atoms with Gasteiger partial charge >= 0.3 is 0 Å². The minimum atomic E-state index is -0.219. The van der Waals surface area contributed by atoms with E-state index in [1.807, 2.05) is 0 Å². The van der Waals surface area contributed by atoms with Gasteiger partial charge in [-0.05, 0) is 18.1 Å². The molecule has 3 nitrogen and oxygen atoms in total. The van der Waals surface area contributed by atoms with Crippen LogP contribution in [0, 0.1) is 5.92 Å². The van der Waals surface area contributed by atoms with Crippen LogP contribution in [-0.2, 0) is 0 Å². The number of rotatable bonds is 6. The predicted molar refractivity (Wildman–Crippen MR) is 75.3 cm³/mol. The van der Waals surface area contributed by atoms with Crippen molar-refractivity contribution >= 4 is 29.1 Å². The maximum absolute atomic E-state index is 11.8. The van der Waals surface area contributed by atoms with Crippen molar-refractivity contribution in [3.63, 3.8) is 0 Å². The smallest absolute Gasteiger partial charge is 0.269 e. The molecule has 1 heterocycles. The molecule has 0 saturated carbocycles. The van der Waals surface area contributed by atoms with Crippen LogP contribution in [0.1, 0.15) is 37.2 Å². The molecule has 0 bridgehead atoms. The van der Waals surface area contributed by atoms with Gasteiger partial charge in [-0.1, -0.05) is 38.3 Å². The van der Waals surface area contributed by atoms with E-state index in [0.717, 1.165) is 12.8 Å². The molecule has 1 rings (SSSR count). The second-order valence-electron chi connectivity index (χ2n) is 4.16. The lowest BCUT2D eigenvalue weighted by atomic mass is 9.99. The van der Waals surface area contributed by atoms with Crippen molar-refractivity contribution in [2.45, 2.75) is 32.1 Å². The fourth-order valence-electron chi connectivity index (χ4n) is 1.76. The van der Waals surface area contributed by atoms with Gasteiger partial charge in [0.1, 0.15) is 5.69 Å². The van der Waals surface area contributed by atoms with Gasteiger partial charge in [-0.2, -0.15) is 0 Å². The Bertz CT molecular complexity index is 377. The highest BCUT2D eigenvalue weighted by Gasteiger charge is 2.17. The van der Waals surface area contributed by atoms with Gasteiger partial charge in [0.05, 0.1) is 10.4 Å². The number of nitrogens with one attached hydrogen (secondary N) is 1. The molecule has 0 fully saturated rings. The quantitative estimate of drug-likeness (QED) is 0.814. The molecule has 1 unspecified atom stereocenters. The summed E-state index contributed by atoms with van der Waals surface area (Å²) in [5, 5.41) is 3.26. The van der Waals surface area contributed by atoms with E-state index in [4.69, 9.17) is 23.2 Å². The lowest BCUT2D eigenvalue weighted by molar-refractivity contribution is 0.0946. The monoisotopic (exact) mass is 288 g/mol. The van der Waals surface area contributed by atoms with Crippen LogP contribution in [0.5, 0.6) is 0 Å². The van der Waals surface area contributed by atoms with E-state index in [1.165, 1.54) is 6.20 Å². The number of nitrogens with zero attached hydrogens (tertiary/aromatic N) is 1. The Morgan fingerprint density at radius 3 is 2.56 bits per heavy atom. The van der Waals surface area contributed by atoms with Crippen molar-refractivity contribution in [3.05, 3.63) is 29.0 Å². The molecule has 5 heteroatoms. The zero-order valence-corrected chi connectivity index (χ0v) is 12.1. The van der Waals surface area contributed by atoms with Crippen molar-refractivity contribution in [2.75, 3.05) is 6.54 Å². The third kappa shape index (κ3) is 4.46.